The fourth-order valence-electron chi connectivity index (χ4n) is 4.63. The number of rotatable bonds is 4. The molecule has 0 aliphatic carbocycles. The maximum Gasteiger partial charge on any atom is 0.254 e. The maximum atomic E-state index is 13.4. The van der Waals surface area contributed by atoms with Gasteiger partial charge in [-0.2, -0.15) is 0 Å². The topological polar surface area (TPSA) is 66.2 Å². The highest BCUT2D eigenvalue weighted by atomic mass is 16.5. The molecule has 5 rings (SSSR count). The molecule has 0 spiro atoms. The minimum atomic E-state index is -0.0180. The highest BCUT2D eigenvalue weighted by Gasteiger charge is 2.23. The second-order valence-corrected chi connectivity index (χ2v) is 8.86. The summed E-state index contributed by atoms with van der Waals surface area (Å²) in [6, 6.07) is 17.6. The van der Waals surface area contributed by atoms with Gasteiger partial charge in [-0.1, -0.05) is 18.2 Å². The minimum Gasteiger partial charge on any atom is -0.491 e. The molecule has 3 heterocycles. The first-order valence-electron chi connectivity index (χ1n) is 11.7. The first kappa shape index (κ1) is 22.2. The Morgan fingerprint density at radius 2 is 1.76 bits per heavy atom. The van der Waals surface area contributed by atoms with Crippen LogP contribution in [0.2, 0.25) is 0 Å². The molecular formula is C27H29N3O4. The molecule has 0 N–H and O–H groups in total. The lowest BCUT2D eigenvalue weighted by molar-refractivity contribution is -0.130. The third kappa shape index (κ3) is 4.84. The van der Waals surface area contributed by atoms with Crippen molar-refractivity contribution in [1.29, 1.82) is 0 Å². The summed E-state index contributed by atoms with van der Waals surface area (Å²) in [6.45, 7) is 7.20. The predicted octanol–water partition coefficient (Wildman–Crippen LogP) is 3.65. The Hall–Kier alpha value is -3.58. The molecule has 1 aromatic heterocycles. The summed E-state index contributed by atoms with van der Waals surface area (Å²) in [5.74, 6) is 1.70. The molecule has 2 aliphatic rings. The number of benzene rings is 2. The maximum absolute atomic E-state index is 13.4. The molecule has 2 aromatic carbocycles. The fraction of sp³-hybridized carbons (Fsp3) is 0.333. The van der Waals surface area contributed by atoms with Crippen molar-refractivity contribution >= 4 is 11.8 Å². The van der Waals surface area contributed by atoms with E-state index in [0.29, 0.717) is 25.3 Å². The molecule has 1 fully saturated rings. The van der Waals surface area contributed by atoms with Crippen molar-refractivity contribution in [2.24, 2.45) is 0 Å². The predicted molar refractivity (Wildman–Crippen MR) is 128 cm³/mol. The third-order valence-corrected chi connectivity index (χ3v) is 6.53. The lowest BCUT2D eigenvalue weighted by Crippen LogP contribution is -2.47. The van der Waals surface area contributed by atoms with E-state index in [9.17, 15) is 9.59 Å². The zero-order valence-electron chi connectivity index (χ0n) is 19.4. The zero-order chi connectivity index (χ0) is 23.5. The van der Waals surface area contributed by atoms with Gasteiger partial charge in [-0.05, 0) is 42.0 Å². The monoisotopic (exact) mass is 459 g/mol. The van der Waals surface area contributed by atoms with E-state index in [1.165, 1.54) is 5.56 Å². The van der Waals surface area contributed by atoms with Crippen LogP contribution in [-0.4, -0.2) is 65.8 Å². The van der Waals surface area contributed by atoms with Crippen molar-refractivity contribution in [2.45, 2.75) is 20.0 Å². The second kappa shape index (κ2) is 9.73. The summed E-state index contributed by atoms with van der Waals surface area (Å²) in [4.78, 5) is 31.1. The first-order valence-corrected chi connectivity index (χ1v) is 11.7. The highest BCUT2D eigenvalue weighted by molar-refractivity contribution is 5.95. The van der Waals surface area contributed by atoms with Crippen molar-refractivity contribution in [3.05, 3.63) is 77.6 Å². The van der Waals surface area contributed by atoms with E-state index in [-0.39, 0.29) is 11.8 Å². The van der Waals surface area contributed by atoms with Crippen molar-refractivity contribution in [3.63, 3.8) is 0 Å². The number of ether oxygens (including phenoxy) is 1. The Morgan fingerprint density at radius 3 is 2.53 bits per heavy atom. The number of fused-ring (bicyclic) bond motifs is 1. The van der Waals surface area contributed by atoms with Crippen LogP contribution in [0, 0.1) is 0 Å². The number of hydrogen-bond acceptors (Lipinski definition) is 5. The summed E-state index contributed by atoms with van der Waals surface area (Å²) >= 11 is 0. The fourth-order valence-corrected chi connectivity index (χ4v) is 4.63. The molecule has 0 unspecified atom stereocenters. The SMILES string of the molecule is CC(=O)N1CCN(Cc2ccc3c(c2)CN(C(=O)c2cccc(-c4ccco4)c2)CCO3)CC1. The molecule has 7 nitrogen and oxygen atoms in total. The molecule has 0 saturated carbocycles. The van der Waals surface area contributed by atoms with Gasteiger partial charge in [0.05, 0.1) is 12.8 Å². The molecule has 3 aromatic rings. The van der Waals surface area contributed by atoms with Gasteiger partial charge in [-0.3, -0.25) is 14.5 Å². The average molecular weight is 460 g/mol. The van der Waals surface area contributed by atoms with E-state index in [2.05, 4.69) is 17.0 Å². The molecule has 176 valence electrons. The molecule has 34 heavy (non-hydrogen) atoms. The summed E-state index contributed by atoms with van der Waals surface area (Å²) in [5.41, 5.74) is 3.73. The Morgan fingerprint density at radius 1 is 0.912 bits per heavy atom. The van der Waals surface area contributed by atoms with Crippen molar-refractivity contribution in [1.82, 2.24) is 14.7 Å². The van der Waals surface area contributed by atoms with Crippen LogP contribution in [-0.2, 0) is 17.9 Å². The number of piperazine rings is 1. The van der Waals surface area contributed by atoms with E-state index in [1.54, 1.807) is 13.2 Å². The van der Waals surface area contributed by atoms with Gasteiger partial charge in [0.1, 0.15) is 18.1 Å². The molecule has 2 aliphatic heterocycles. The van der Waals surface area contributed by atoms with Gasteiger partial charge >= 0.3 is 0 Å². The summed E-state index contributed by atoms with van der Waals surface area (Å²) in [7, 11) is 0. The van der Waals surface area contributed by atoms with Gasteiger partial charge in [0.15, 0.2) is 0 Å². The molecule has 7 heteroatoms. The first-order chi connectivity index (χ1) is 16.6. The molecule has 0 atom stereocenters. The van der Waals surface area contributed by atoms with Gasteiger partial charge in [0, 0.05) is 62.9 Å². The van der Waals surface area contributed by atoms with Gasteiger partial charge in [0.2, 0.25) is 5.91 Å². The molecule has 0 bridgehead atoms. The number of nitrogens with zero attached hydrogens (tertiary/aromatic N) is 3. The number of hydrogen-bond donors (Lipinski definition) is 0. The summed E-state index contributed by atoms with van der Waals surface area (Å²) in [5, 5.41) is 0. The number of amides is 2. The minimum absolute atomic E-state index is 0.0180. The number of carbonyl (C=O) groups excluding carboxylic acids is 2. The zero-order valence-corrected chi connectivity index (χ0v) is 19.4. The normalized spacial score (nSPS) is 16.5. The lowest BCUT2D eigenvalue weighted by Gasteiger charge is -2.34. The van der Waals surface area contributed by atoms with Crippen LogP contribution in [0.1, 0.15) is 28.4 Å². The van der Waals surface area contributed by atoms with E-state index in [0.717, 1.165) is 55.4 Å². The van der Waals surface area contributed by atoms with Crippen LogP contribution in [0.4, 0.5) is 0 Å². The van der Waals surface area contributed by atoms with Crippen LogP contribution in [0.15, 0.2) is 65.3 Å². The summed E-state index contributed by atoms with van der Waals surface area (Å²) < 4.78 is 11.5. The van der Waals surface area contributed by atoms with Gasteiger partial charge in [-0.25, -0.2) is 0 Å². The van der Waals surface area contributed by atoms with E-state index < -0.39 is 0 Å². The van der Waals surface area contributed by atoms with Crippen molar-refractivity contribution in [3.8, 4) is 17.1 Å². The highest BCUT2D eigenvalue weighted by Crippen LogP contribution is 2.27. The number of furan rings is 1. The van der Waals surface area contributed by atoms with Crippen LogP contribution in [0.25, 0.3) is 11.3 Å². The van der Waals surface area contributed by atoms with Crippen LogP contribution >= 0.6 is 0 Å². The molecule has 1 saturated heterocycles. The third-order valence-electron chi connectivity index (χ3n) is 6.53. The second-order valence-electron chi connectivity index (χ2n) is 8.86. The molecule has 2 amide bonds. The Bertz CT molecular complexity index is 1170. The quantitative estimate of drug-likeness (QED) is 0.596. The summed E-state index contributed by atoms with van der Waals surface area (Å²) in [6.07, 6.45) is 1.63. The lowest BCUT2D eigenvalue weighted by atomic mass is 10.1. The van der Waals surface area contributed by atoms with E-state index in [4.69, 9.17) is 9.15 Å². The van der Waals surface area contributed by atoms with Gasteiger partial charge < -0.3 is 19.0 Å². The van der Waals surface area contributed by atoms with Gasteiger partial charge in [-0.15, -0.1) is 0 Å². The standard InChI is InChI=1S/C27H29N3O4/c1-20(31)29-11-9-28(10-12-29)18-21-7-8-26-24(16-21)19-30(13-15-34-26)27(32)23-5-2-4-22(17-23)25-6-3-14-33-25/h2-8,14,16-17H,9-13,15,18-19H2,1H3. The molecular weight excluding hydrogens is 430 g/mol. The van der Waals surface area contributed by atoms with Crippen LogP contribution in [0.3, 0.4) is 0 Å². The van der Waals surface area contributed by atoms with Crippen LogP contribution < -0.4 is 4.74 Å². The average Bonchev–Trinajstić information content (AvgIpc) is 3.31. The van der Waals surface area contributed by atoms with Gasteiger partial charge in [0.25, 0.3) is 5.91 Å². The Kier molecular flexibility index (Phi) is 6.36. The van der Waals surface area contributed by atoms with Crippen molar-refractivity contribution in [2.75, 3.05) is 39.3 Å². The molecule has 0 radical (unpaired) electrons. The Balaban J connectivity index is 1.29. The number of carbonyl (C=O) groups is 2. The van der Waals surface area contributed by atoms with Crippen LogP contribution in [0.5, 0.6) is 5.75 Å². The smallest absolute Gasteiger partial charge is 0.254 e. The Labute approximate surface area is 199 Å². The van der Waals surface area contributed by atoms with E-state index in [1.807, 2.05) is 52.3 Å². The van der Waals surface area contributed by atoms with Crippen molar-refractivity contribution < 1.29 is 18.7 Å². The largest absolute Gasteiger partial charge is 0.491 e. The van der Waals surface area contributed by atoms with E-state index >= 15 is 0 Å².